The molecular formula is C27H24FN3O5S. The van der Waals surface area contributed by atoms with Gasteiger partial charge in [0.15, 0.2) is 11.5 Å². The summed E-state index contributed by atoms with van der Waals surface area (Å²) in [5, 5.41) is 0. The molecule has 0 spiro atoms. The van der Waals surface area contributed by atoms with Crippen LogP contribution in [0.4, 0.5) is 10.1 Å². The number of halogens is 1. The van der Waals surface area contributed by atoms with Crippen LogP contribution in [0.3, 0.4) is 0 Å². The van der Waals surface area contributed by atoms with Gasteiger partial charge in [0.1, 0.15) is 18.1 Å². The summed E-state index contributed by atoms with van der Waals surface area (Å²) < 4.78 is 46.3. The second-order valence-electron chi connectivity index (χ2n) is 8.78. The van der Waals surface area contributed by atoms with E-state index in [0.717, 1.165) is 11.1 Å². The number of ether oxygens (including phenoxy) is 1. The van der Waals surface area contributed by atoms with Gasteiger partial charge >= 0.3 is 5.56 Å². The van der Waals surface area contributed by atoms with E-state index in [-0.39, 0.29) is 41.7 Å². The summed E-state index contributed by atoms with van der Waals surface area (Å²) in [6.45, 7) is 0.371. The Morgan fingerprint density at radius 2 is 1.76 bits per heavy atom. The standard InChI is InChI=1S/C27H24FN3O5S/c28-21-10-7-19(8-11-21)9-13-23(32)25-26(36-18-20-5-2-1-3-6-20)27(33)30-17-22(12-14-24(30)29-25)31-15-4-16-37(31,34)35/h1-3,5-8,10-12,14,17H,4,9,13,15-16,18H2. The van der Waals surface area contributed by atoms with Crippen LogP contribution in [0.15, 0.2) is 77.7 Å². The summed E-state index contributed by atoms with van der Waals surface area (Å²) in [6.07, 6.45) is 2.29. The normalized spacial score (nSPS) is 14.7. The Kier molecular flexibility index (Phi) is 6.75. The molecule has 0 bridgehead atoms. The zero-order valence-corrected chi connectivity index (χ0v) is 20.7. The van der Waals surface area contributed by atoms with Gasteiger partial charge in [0, 0.05) is 19.2 Å². The first-order valence-electron chi connectivity index (χ1n) is 11.8. The van der Waals surface area contributed by atoms with Crippen molar-refractivity contribution in [1.82, 2.24) is 9.38 Å². The molecule has 3 heterocycles. The van der Waals surface area contributed by atoms with Crippen LogP contribution >= 0.6 is 0 Å². The number of fused-ring (bicyclic) bond motifs is 1. The van der Waals surface area contributed by atoms with E-state index in [1.807, 2.05) is 30.3 Å². The minimum absolute atomic E-state index is 0.0417. The average Bonchev–Trinajstić information content (AvgIpc) is 3.26. The molecule has 0 N–H and O–H groups in total. The number of rotatable bonds is 8. The van der Waals surface area contributed by atoms with E-state index in [4.69, 9.17) is 4.74 Å². The molecule has 4 aromatic rings. The van der Waals surface area contributed by atoms with Crippen LogP contribution in [-0.4, -0.2) is 35.9 Å². The number of pyridine rings is 1. The van der Waals surface area contributed by atoms with Crippen molar-refractivity contribution in [2.45, 2.75) is 25.9 Å². The lowest BCUT2D eigenvalue weighted by Crippen LogP contribution is -2.27. The average molecular weight is 522 g/mol. The van der Waals surface area contributed by atoms with Crippen molar-refractivity contribution >= 4 is 27.1 Å². The molecule has 2 aromatic carbocycles. The fourth-order valence-corrected chi connectivity index (χ4v) is 5.82. The number of aryl methyl sites for hydroxylation is 1. The Morgan fingerprint density at radius 1 is 1.00 bits per heavy atom. The van der Waals surface area contributed by atoms with Crippen LogP contribution in [0.25, 0.3) is 5.65 Å². The second kappa shape index (κ2) is 10.1. The molecule has 37 heavy (non-hydrogen) atoms. The van der Waals surface area contributed by atoms with Crippen LogP contribution in [-0.2, 0) is 23.1 Å². The molecule has 0 amide bonds. The number of Topliss-reactive ketones (excluding diaryl/α,β-unsaturated/α-hetero) is 1. The van der Waals surface area contributed by atoms with Crippen molar-refractivity contribution in [3.8, 4) is 5.75 Å². The van der Waals surface area contributed by atoms with Gasteiger partial charge in [-0.1, -0.05) is 42.5 Å². The second-order valence-corrected chi connectivity index (χ2v) is 10.8. The number of anilines is 1. The van der Waals surface area contributed by atoms with Gasteiger partial charge in [-0.15, -0.1) is 0 Å². The van der Waals surface area contributed by atoms with Crippen LogP contribution in [0, 0.1) is 5.82 Å². The fraction of sp³-hybridized carbons (Fsp3) is 0.222. The first-order chi connectivity index (χ1) is 17.8. The summed E-state index contributed by atoms with van der Waals surface area (Å²) >= 11 is 0. The molecule has 1 saturated heterocycles. The maximum Gasteiger partial charge on any atom is 0.301 e. The maximum atomic E-state index is 13.6. The van der Waals surface area contributed by atoms with Gasteiger partial charge in [0.25, 0.3) is 0 Å². The highest BCUT2D eigenvalue weighted by atomic mass is 32.2. The topological polar surface area (TPSA) is 98.0 Å². The zero-order chi connectivity index (χ0) is 26.0. The summed E-state index contributed by atoms with van der Waals surface area (Å²) in [5.41, 5.74) is 1.42. The molecule has 0 radical (unpaired) electrons. The minimum atomic E-state index is -3.45. The molecule has 1 aliphatic heterocycles. The highest BCUT2D eigenvalue weighted by Gasteiger charge is 2.29. The van der Waals surface area contributed by atoms with E-state index in [9.17, 15) is 22.4 Å². The molecule has 0 saturated carbocycles. The predicted octanol–water partition coefficient (Wildman–Crippen LogP) is 3.77. The summed E-state index contributed by atoms with van der Waals surface area (Å²) in [6, 6.07) is 18.1. The quantitative estimate of drug-likeness (QED) is 0.328. The summed E-state index contributed by atoms with van der Waals surface area (Å²) in [7, 11) is -3.45. The van der Waals surface area contributed by atoms with Crippen molar-refractivity contribution in [1.29, 1.82) is 0 Å². The Hall–Kier alpha value is -4.05. The Balaban J connectivity index is 1.52. The highest BCUT2D eigenvalue weighted by Crippen LogP contribution is 2.25. The molecule has 1 aliphatic rings. The van der Waals surface area contributed by atoms with Crippen LogP contribution in [0.5, 0.6) is 5.75 Å². The minimum Gasteiger partial charge on any atom is -0.481 e. The monoisotopic (exact) mass is 521 g/mol. The van der Waals surface area contributed by atoms with Crippen LogP contribution in [0.2, 0.25) is 0 Å². The van der Waals surface area contributed by atoms with Gasteiger partial charge in [-0.3, -0.25) is 18.3 Å². The van der Waals surface area contributed by atoms with Gasteiger partial charge in [-0.2, -0.15) is 0 Å². The van der Waals surface area contributed by atoms with Gasteiger partial charge in [0.05, 0.1) is 11.4 Å². The molecule has 1 fully saturated rings. The van der Waals surface area contributed by atoms with Crippen LogP contribution < -0.4 is 14.6 Å². The molecule has 8 nitrogen and oxygen atoms in total. The summed E-state index contributed by atoms with van der Waals surface area (Å²) in [4.78, 5) is 31.2. The number of carbonyl (C=O) groups is 1. The lowest BCUT2D eigenvalue weighted by atomic mass is 10.1. The lowest BCUT2D eigenvalue weighted by Gasteiger charge is -2.18. The number of carbonyl (C=O) groups excluding carboxylic acids is 1. The summed E-state index contributed by atoms with van der Waals surface area (Å²) in [5.74, 6) is -0.910. The maximum absolute atomic E-state index is 13.6. The number of aromatic nitrogens is 2. The number of sulfonamides is 1. The third-order valence-electron chi connectivity index (χ3n) is 6.20. The number of nitrogens with zero attached hydrogens (tertiary/aromatic N) is 3. The SMILES string of the molecule is O=C(CCc1ccc(F)cc1)c1nc2ccc(N3CCCS3(=O)=O)cn2c(=O)c1OCc1ccccc1. The highest BCUT2D eigenvalue weighted by molar-refractivity contribution is 7.93. The third kappa shape index (κ3) is 5.24. The van der Waals surface area contributed by atoms with E-state index >= 15 is 0 Å². The molecular weight excluding hydrogens is 497 g/mol. The van der Waals surface area contributed by atoms with Gasteiger partial charge in [0.2, 0.25) is 15.8 Å². The van der Waals surface area contributed by atoms with Crippen molar-refractivity contribution in [2.75, 3.05) is 16.6 Å². The molecule has 5 rings (SSSR count). The van der Waals surface area contributed by atoms with Crippen molar-refractivity contribution < 1.29 is 22.3 Å². The van der Waals surface area contributed by atoms with Gasteiger partial charge in [-0.25, -0.2) is 17.8 Å². The van der Waals surface area contributed by atoms with E-state index in [2.05, 4.69) is 4.98 Å². The van der Waals surface area contributed by atoms with Crippen molar-refractivity contribution in [3.05, 3.63) is 106 Å². The van der Waals surface area contributed by atoms with Crippen molar-refractivity contribution in [3.63, 3.8) is 0 Å². The van der Waals surface area contributed by atoms with Gasteiger partial charge < -0.3 is 4.74 Å². The van der Waals surface area contributed by atoms with E-state index < -0.39 is 21.4 Å². The number of hydrogen-bond acceptors (Lipinski definition) is 6. The zero-order valence-electron chi connectivity index (χ0n) is 19.8. The van der Waals surface area contributed by atoms with Gasteiger partial charge in [-0.05, 0) is 48.2 Å². The molecule has 0 unspecified atom stereocenters. The lowest BCUT2D eigenvalue weighted by molar-refractivity contribution is 0.0972. The number of benzene rings is 2. The number of hydrogen-bond donors (Lipinski definition) is 0. The van der Waals surface area contributed by atoms with E-state index in [0.29, 0.717) is 25.1 Å². The largest absolute Gasteiger partial charge is 0.481 e. The van der Waals surface area contributed by atoms with E-state index in [1.54, 1.807) is 18.2 Å². The van der Waals surface area contributed by atoms with Crippen LogP contribution in [0.1, 0.15) is 34.5 Å². The molecule has 190 valence electrons. The molecule has 10 heteroatoms. The Labute approximate surface area is 213 Å². The molecule has 0 aliphatic carbocycles. The van der Waals surface area contributed by atoms with E-state index in [1.165, 1.54) is 33.1 Å². The molecule has 2 aromatic heterocycles. The predicted molar refractivity (Wildman–Crippen MR) is 137 cm³/mol. The van der Waals surface area contributed by atoms with Crippen molar-refractivity contribution in [2.24, 2.45) is 0 Å². The third-order valence-corrected chi connectivity index (χ3v) is 8.07. The fourth-order valence-electron chi connectivity index (χ4n) is 4.26. The number of ketones is 1. The first-order valence-corrected chi connectivity index (χ1v) is 13.4. The first kappa shape index (κ1) is 24.6. The Morgan fingerprint density at radius 3 is 2.46 bits per heavy atom. The molecule has 0 atom stereocenters. The Bertz CT molecular complexity index is 1620. The smallest absolute Gasteiger partial charge is 0.301 e.